The van der Waals surface area contributed by atoms with E-state index in [1.54, 1.807) is 0 Å². The van der Waals surface area contributed by atoms with Crippen LogP contribution in [0.4, 0.5) is 5.95 Å². The molecule has 0 fully saturated rings. The van der Waals surface area contributed by atoms with Gasteiger partial charge in [-0.1, -0.05) is 4.98 Å². The van der Waals surface area contributed by atoms with Gasteiger partial charge in [0.2, 0.25) is 5.91 Å². The smallest absolute Gasteiger partial charge is 0.390 e. The molecule has 0 aliphatic carbocycles. The topological polar surface area (TPSA) is 102 Å². The molecule has 1 aromatic heterocycles. The Morgan fingerprint density at radius 3 is 2.93 bits per heavy atom. The molecule has 8 nitrogen and oxygen atoms in total. The highest BCUT2D eigenvalue weighted by molar-refractivity contribution is 5.80. The fourth-order valence-electron chi connectivity index (χ4n) is 0.891. The van der Waals surface area contributed by atoms with Crippen LogP contribution in [-0.2, 0) is 11.8 Å². The molecule has 0 saturated heterocycles. The fourth-order valence-corrected chi connectivity index (χ4v) is 0.891. The highest BCUT2D eigenvalue weighted by Gasteiger charge is 2.15. The molecule has 0 saturated carbocycles. The van der Waals surface area contributed by atoms with Crippen LogP contribution in [0, 0.1) is 10.1 Å². The molecule has 1 N–H and O–H groups in total. The van der Waals surface area contributed by atoms with Crippen LogP contribution in [0.25, 0.3) is 0 Å². The summed E-state index contributed by atoms with van der Waals surface area (Å²) in [6.07, 6.45) is 2.57. The predicted octanol–water partition coefficient (Wildman–Crippen LogP) is -0.202. The van der Waals surface area contributed by atoms with E-state index in [2.05, 4.69) is 15.5 Å². The number of carbonyl (C=O) groups is 1. The second-order valence-corrected chi connectivity index (χ2v) is 2.73. The number of aromatic nitrogens is 2. The Labute approximate surface area is 84.8 Å². The summed E-state index contributed by atoms with van der Waals surface area (Å²) in [5.74, 6) is -0.595. The van der Waals surface area contributed by atoms with Gasteiger partial charge in [0.1, 0.15) is 6.20 Å². The van der Waals surface area contributed by atoms with Crippen molar-refractivity contribution in [1.82, 2.24) is 15.0 Å². The van der Waals surface area contributed by atoms with Crippen LogP contribution in [0.3, 0.4) is 0 Å². The van der Waals surface area contributed by atoms with Gasteiger partial charge in [0.05, 0.1) is 13.3 Å². The molecule has 1 amide bonds. The second-order valence-electron chi connectivity index (χ2n) is 2.73. The molecule has 0 aromatic carbocycles. The lowest BCUT2D eigenvalue weighted by atomic mass is 10.5. The Bertz CT molecular complexity index is 422. The minimum absolute atomic E-state index is 0.278. The molecule has 1 heterocycles. The minimum Gasteiger partial charge on any atom is -0.390 e. The van der Waals surface area contributed by atoms with E-state index in [1.807, 2.05) is 0 Å². The molecular formula is C7H9N5O3. The number of nitrogens with zero attached hydrogens (tertiary/aromatic N) is 4. The van der Waals surface area contributed by atoms with Crippen molar-refractivity contribution in [3.8, 4) is 0 Å². The molecule has 0 aliphatic heterocycles. The maximum atomic E-state index is 10.5. The van der Waals surface area contributed by atoms with Crippen molar-refractivity contribution in [2.24, 2.45) is 12.1 Å². The predicted molar refractivity (Wildman–Crippen MR) is 51.3 cm³/mol. The lowest BCUT2D eigenvalue weighted by Crippen LogP contribution is -2.12. The average molecular weight is 211 g/mol. The van der Waals surface area contributed by atoms with Crippen molar-refractivity contribution in [3.05, 3.63) is 22.0 Å². The number of amides is 1. The molecule has 0 spiro atoms. The summed E-state index contributed by atoms with van der Waals surface area (Å²) >= 11 is 0. The summed E-state index contributed by atoms with van der Waals surface area (Å²) in [5, 5.41) is 14.0. The van der Waals surface area contributed by atoms with Crippen molar-refractivity contribution in [1.29, 1.82) is 0 Å². The average Bonchev–Trinajstić information content (AvgIpc) is 2.47. The Balaban J connectivity index is 2.83. The summed E-state index contributed by atoms with van der Waals surface area (Å²) < 4.78 is 1.26. The van der Waals surface area contributed by atoms with E-state index in [4.69, 9.17) is 0 Å². The molecule has 1 aromatic rings. The Morgan fingerprint density at radius 2 is 2.47 bits per heavy atom. The molecular weight excluding hydrogens is 202 g/mol. The molecule has 0 radical (unpaired) electrons. The zero-order valence-corrected chi connectivity index (χ0v) is 8.17. The van der Waals surface area contributed by atoms with Crippen molar-refractivity contribution in [3.63, 3.8) is 0 Å². The quantitative estimate of drug-likeness (QED) is 0.424. The van der Waals surface area contributed by atoms with Crippen LogP contribution in [0.15, 0.2) is 11.3 Å². The Morgan fingerprint density at radius 1 is 1.80 bits per heavy atom. The molecule has 1 rings (SSSR count). The Kier molecular flexibility index (Phi) is 3.11. The molecule has 0 atom stereocenters. The first kappa shape index (κ1) is 10.8. The van der Waals surface area contributed by atoms with E-state index < -0.39 is 4.92 Å². The molecule has 80 valence electrons. The summed E-state index contributed by atoms with van der Waals surface area (Å²) in [4.78, 5) is 23.9. The van der Waals surface area contributed by atoms with Crippen molar-refractivity contribution in [2.45, 2.75) is 6.92 Å². The summed E-state index contributed by atoms with van der Waals surface area (Å²) in [6.45, 7) is 1.31. The van der Waals surface area contributed by atoms with Crippen LogP contribution < -0.4 is 5.43 Å². The van der Waals surface area contributed by atoms with E-state index in [9.17, 15) is 14.9 Å². The number of imidazole rings is 1. The van der Waals surface area contributed by atoms with E-state index in [0.29, 0.717) is 5.69 Å². The van der Waals surface area contributed by atoms with Crippen LogP contribution in [0.5, 0.6) is 0 Å². The number of hydrazone groups is 1. The van der Waals surface area contributed by atoms with Crippen molar-refractivity contribution in [2.75, 3.05) is 0 Å². The first-order valence-corrected chi connectivity index (χ1v) is 3.98. The van der Waals surface area contributed by atoms with E-state index in [-0.39, 0.29) is 11.9 Å². The highest BCUT2D eigenvalue weighted by Crippen LogP contribution is 2.08. The van der Waals surface area contributed by atoms with E-state index in [0.717, 1.165) is 0 Å². The van der Waals surface area contributed by atoms with Crippen molar-refractivity contribution >= 4 is 18.1 Å². The SMILES string of the molecule is CC(=O)NN=Cc1cnc([N+](=O)[O-])n1C. The third kappa shape index (κ3) is 2.59. The van der Waals surface area contributed by atoms with Gasteiger partial charge in [0.25, 0.3) is 0 Å². The number of nitro groups is 1. The van der Waals surface area contributed by atoms with Crippen LogP contribution >= 0.6 is 0 Å². The molecule has 0 bridgehead atoms. The van der Waals surface area contributed by atoms with E-state index >= 15 is 0 Å². The molecule has 8 heteroatoms. The first-order chi connectivity index (χ1) is 7.02. The lowest BCUT2D eigenvalue weighted by Gasteiger charge is -1.94. The van der Waals surface area contributed by atoms with Crippen molar-refractivity contribution < 1.29 is 9.72 Å². The largest absolute Gasteiger partial charge is 0.434 e. The van der Waals surface area contributed by atoms with Crippen LogP contribution in [-0.4, -0.2) is 26.6 Å². The first-order valence-electron chi connectivity index (χ1n) is 3.98. The fraction of sp³-hybridized carbons (Fsp3) is 0.286. The maximum Gasteiger partial charge on any atom is 0.434 e. The summed E-state index contributed by atoms with van der Waals surface area (Å²) in [7, 11) is 1.49. The van der Waals surface area contributed by atoms with Gasteiger partial charge in [0, 0.05) is 6.92 Å². The number of hydrogen-bond acceptors (Lipinski definition) is 5. The molecule has 0 aliphatic rings. The number of rotatable bonds is 3. The second kappa shape index (κ2) is 4.31. The van der Waals surface area contributed by atoms with Gasteiger partial charge < -0.3 is 10.1 Å². The number of nitrogens with one attached hydrogen (secondary N) is 1. The number of carbonyl (C=O) groups excluding carboxylic acids is 1. The zero-order chi connectivity index (χ0) is 11.4. The van der Waals surface area contributed by atoms with Gasteiger partial charge in [-0.15, -0.1) is 0 Å². The Hall–Kier alpha value is -2.25. The normalized spacial score (nSPS) is 10.5. The standard InChI is InChI=1S/C7H9N5O3/c1-5(13)10-9-4-6-3-8-7(11(6)2)12(14)15/h3-4H,1-2H3,(H,10,13). The van der Waals surface area contributed by atoms with Gasteiger partial charge in [-0.05, 0) is 4.92 Å². The van der Waals surface area contributed by atoms with Gasteiger partial charge in [-0.2, -0.15) is 5.10 Å². The monoisotopic (exact) mass is 211 g/mol. The maximum absolute atomic E-state index is 10.5. The van der Waals surface area contributed by atoms with Gasteiger partial charge >= 0.3 is 5.95 Å². The lowest BCUT2D eigenvalue weighted by molar-refractivity contribution is -0.396. The number of hydrogen-bond donors (Lipinski definition) is 1. The zero-order valence-electron chi connectivity index (χ0n) is 8.17. The summed E-state index contributed by atoms with van der Waals surface area (Å²) in [5.41, 5.74) is 2.61. The minimum atomic E-state index is -0.601. The van der Waals surface area contributed by atoms with Crippen LogP contribution in [0.2, 0.25) is 0 Å². The van der Waals surface area contributed by atoms with Gasteiger partial charge in [0.15, 0.2) is 5.69 Å². The molecule has 15 heavy (non-hydrogen) atoms. The van der Waals surface area contributed by atoms with Gasteiger partial charge in [-0.3, -0.25) is 4.79 Å². The molecule has 0 unspecified atom stereocenters. The third-order valence-electron chi connectivity index (χ3n) is 1.58. The van der Waals surface area contributed by atoms with Crippen LogP contribution in [0.1, 0.15) is 12.6 Å². The summed E-state index contributed by atoms with van der Waals surface area (Å²) in [6, 6.07) is 0. The highest BCUT2D eigenvalue weighted by atomic mass is 16.6. The third-order valence-corrected chi connectivity index (χ3v) is 1.58. The van der Waals surface area contributed by atoms with E-state index in [1.165, 1.54) is 30.9 Å². The van der Waals surface area contributed by atoms with Gasteiger partial charge in [-0.25, -0.2) is 9.99 Å².